The number of rotatable bonds is 5. The molecule has 1 amide bonds. The molecular weight excluding hydrogens is 298 g/mol. The summed E-state index contributed by atoms with van der Waals surface area (Å²) in [5, 5.41) is 14.2. The second-order valence-electron chi connectivity index (χ2n) is 5.87. The second kappa shape index (κ2) is 5.95. The number of ether oxygens (including phenoxy) is 2. The summed E-state index contributed by atoms with van der Waals surface area (Å²) in [6.07, 6.45) is 4.50. The van der Waals surface area contributed by atoms with Crippen molar-refractivity contribution in [3.05, 3.63) is 30.4 Å². The van der Waals surface area contributed by atoms with E-state index in [-0.39, 0.29) is 17.7 Å². The van der Waals surface area contributed by atoms with Gasteiger partial charge in [-0.2, -0.15) is 0 Å². The highest BCUT2D eigenvalue weighted by atomic mass is 16.5. The van der Waals surface area contributed by atoms with Gasteiger partial charge in [-0.05, 0) is 30.4 Å². The van der Waals surface area contributed by atoms with E-state index < -0.39 is 17.8 Å². The number of carbonyl (C=O) groups excluding carboxylic acids is 2. The van der Waals surface area contributed by atoms with E-state index in [1.54, 1.807) is 25.3 Å². The largest absolute Gasteiger partial charge is 0.550 e. The van der Waals surface area contributed by atoms with Gasteiger partial charge in [-0.3, -0.25) is 4.79 Å². The summed E-state index contributed by atoms with van der Waals surface area (Å²) in [4.78, 5) is 24.0. The molecule has 6 nitrogen and oxygen atoms in total. The molecule has 4 atom stereocenters. The number of anilines is 1. The van der Waals surface area contributed by atoms with Gasteiger partial charge in [0.15, 0.2) is 0 Å². The lowest BCUT2D eigenvalue weighted by Crippen LogP contribution is -2.42. The fraction of sp³-hybridized carbons (Fsp3) is 0.412. The van der Waals surface area contributed by atoms with Crippen LogP contribution in [0.2, 0.25) is 0 Å². The van der Waals surface area contributed by atoms with Gasteiger partial charge >= 0.3 is 0 Å². The first-order valence-electron chi connectivity index (χ1n) is 7.47. The SMILES string of the molecule is COc1ccc(NC(=O)[C@@H]2[C@@H](C(=O)[O-])[C@H]3C=C[C@H]2C3)c(OC)c1. The molecule has 23 heavy (non-hydrogen) atoms. The highest BCUT2D eigenvalue weighted by Gasteiger charge is 2.48. The third-order valence-electron chi connectivity index (χ3n) is 4.70. The van der Waals surface area contributed by atoms with E-state index in [4.69, 9.17) is 9.47 Å². The first kappa shape index (κ1) is 15.4. The number of amides is 1. The van der Waals surface area contributed by atoms with Crippen LogP contribution in [-0.4, -0.2) is 26.1 Å². The molecule has 1 fully saturated rings. The lowest BCUT2D eigenvalue weighted by atomic mass is 9.82. The smallest absolute Gasteiger partial charge is 0.228 e. The minimum Gasteiger partial charge on any atom is -0.550 e. The molecule has 0 spiro atoms. The first-order valence-corrected chi connectivity index (χ1v) is 7.47. The molecule has 0 aromatic heterocycles. The maximum absolute atomic E-state index is 12.6. The van der Waals surface area contributed by atoms with Gasteiger partial charge in [-0.25, -0.2) is 0 Å². The quantitative estimate of drug-likeness (QED) is 0.813. The van der Waals surface area contributed by atoms with Gasteiger partial charge in [-0.15, -0.1) is 0 Å². The lowest BCUT2D eigenvalue weighted by molar-refractivity contribution is -0.313. The highest BCUT2D eigenvalue weighted by Crippen LogP contribution is 2.48. The maximum atomic E-state index is 12.6. The molecule has 1 aromatic rings. The summed E-state index contributed by atoms with van der Waals surface area (Å²) in [5.74, 6) is -1.96. The standard InChI is InChI=1S/C17H19NO5/c1-22-11-5-6-12(13(8-11)23-2)18-16(19)14-9-3-4-10(7-9)15(14)17(20)21/h3-6,8-10,14-15H,7H2,1-2H3,(H,18,19)(H,20,21)/p-1/t9-,10-,14-,15-/m0/s1. The Hall–Kier alpha value is -2.50. The number of carboxylic acids is 1. The molecule has 0 aliphatic heterocycles. The summed E-state index contributed by atoms with van der Waals surface area (Å²) in [6, 6.07) is 5.04. The number of benzene rings is 1. The van der Waals surface area contributed by atoms with Crippen LogP contribution in [0.1, 0.15) is 6.42 Å². The molecule has 1 N–H and O–H groups in total. The Kier molecular flexibility index (Phi) is 3.98. The van der Waals surface area contributed by atoms with Crippen molar-refractivity contribution in [2.45, 2.75) is 6.42 Å². The monoisotopic (exact) mass is 316 g/mol. The van der Waals surface area contributed by atoms with Crippen LogP contribution >= 0.6 is 0 Å². The average Bonchev–Trinajstić information content (AvgIpc) is 3.16. The maximum Gasteiger partial charge on any atom is 0.228 e. The van der Waals surface area contributed by atoms with E-state index >= 15 is 0 Å². The number of fused-ring (bicyclic) bond motifs is 2. The molecule has 1 aromatic carbocycles. The Morgan fingerprint density at radius 3 is 2.43 bits per heavy atom. The number of hydrogen-bond acceptors (Lipinski definition) is 5. The number of nitrogens with one attached hydrogen (secondary N) is 1. The minimum atomic E-state index is -1.16. The normalized spacial score (nSPS) is 27.7. The number of aliphatic carboxylic acids is 1. The van der Waals surface area contributed by atoms with E-state index in [0.29, 0.717) is 23.6 Å². The molecule has 0 saturated heterocycles. The van der Waals surface area contributed by atoms with E-state index in [2.05, 4.69) is 5.32 Å². The fourth-order valence-corrected chi connectivity index (χ4v) is 3.62. The van der Waals surface area contributed by atoms with Gasteiger partial charge in [0.1, 0.15) is 11.5 Å². The van der Waals surface area contributed by atoms with Gasteiger partial charge in [-0.1, -0.05) is 12.2 Å². The second-order valence-corrected chi connectivity index (χ2v) is 5.87. The van der Waals surface area contributed by atoms with Crippen LogP contribution in [0.4, 0.5) is 5.69 Å². The predicted molar refractivity (Wildman–Crippen MR) is 80.9 cm³/mol. The van der Waals surface area contributed by atoms with Crippen molar-refractivity contribution in [3.8, 4) is 11.5 Å². The summed E-state index contributed by atoms with van der Waals surface area (Å²) in [5.41, 5.74) is 0.488. The van der Waals surface area contributed by atoms with Crippen LogP contribution in [0.5, 0.6) is 11.5 Å². The Labute approximate surface area is 134 Å². The molecule has 0 unspecified atom stereocenters. The number of carbonyl (C=O) groups is 2. The molecule has 1 saturated carbocycles. The van der Waals surface area contributed by atoms with Gasteiger partial charge in [0, 0.05) is 18.0 Å². The van der Waals surface area contributed by atoms with Crippen molar-refractivity contribution in [1.82, 2.24) is 0 Å². The first-order chi connectivity index (χ1) is 11.0. The molecule has 0 heterocycles. The predicted octanol–water partition coefficient (Wildman–Crippen LogP) is 0.830. The average molecular weight is 316 g/mol. The van der Waals surface area contributed by atoms with E-state index in [1.165, 1.54) is 7.11 Å². The van der Waals surface area contributed by atoms with Gasteiger partial charge in [0.25, 0.3) is 0 Å². The molecule has 2 bridgehead atoms. The summed E-state index contributed by atoms with van der Waals surface area (Å²) < 4.78 is 10.4. The van der Waals surface area contributed by atoms with Crippen LogP contribution in [0.3, 0.4) is 0 Å². The van der Waals surface area contributed by atoms with E-state index in [9.17, 15) is 14.7 Å². The van der Waals surface area contributed by atoms with Crippen LogP contribution < -0.4 is 19.9 Å². The van der Waals surface area contributed by atoms with Crippen molar-refractivity contribution in [3.63, 3.8) is 0 Å². The summed E-state index contributed by atoms with van der Waals surface area (Å²) in [7, 11) is 3.04. The highest BCUT2D eigenvalue weighted by molar-refractivity contribution is 5.97. The Morgan fingerprint density at radius 2 is 1.83 bits per heavy atom. The number of carboxylic acid groups (broad SMARTS) is 1. The fourth-order valence-electron chi connectivity index (χ4n) is 3.62. The molecule has 2 aliphatic carbocycles. The van der Waals surface area contributed by atoms with Crippen molar-refractivity contribution in [2.24, 2.45) is 23.7 Å². The Morgan fingerprint density at radius 1 is 1.13 bits per heavy atom. The number of hydrogen-bond donors (Lipinski definition) is 1. The van der Waals surface area contributed by atoms with Crippen molar-refractivity contribution in [2.75, 3.05) is 19.5 Å². The zero-order valence-electron chi connectivity index (χ0n) is 12.9. The molecule has 6 heteroatoms. The third-order valence-corrected chi connectivity index (χ3v) is 4.70. The van der Waals surface area contributed by atoms with E-state index in [1.807, 2.05) is 12.2 Å². The van der Waals surface area contributed by atoms with Crippen LogP contribution in [0, 0.1) is 23.7 Å². The Balaban J connectivity index is 1.82. The van der Waals surface area contributed by atoms with Crippen LogP contribution in [-0.2, 0) is 9.59 Å². The molecule has 122 valence electrons. The molecular formula is C17H18NO5-. The molecule has 3 rings (SSSR count). The third kappa shape index (κ3) is 2.65. The molecule has 0 radical (unpaired) electrons. The lowest BCUT2D eigenvalue weighted by Gasteiger charge is -2.28. The zero-order valence-corrected chi connectivity index (χ0v) is 12.9. The summed E-state index contributed by atoms with van der Waals surface area (Å²) >= 11 is 0. The Bertz CT molecular complexity index is 669. The minimum absolute atomic E-state index is 0.0489. The topological polar surface area (TPSA) is 87.7 Å². The van der Waals surface area contributed by atoms with Crippen molar-refractivity contribution >= 4 is 17.6 Å². The van der Waals surface area contributed by atoms with Crippen molar-refractivity contribution < 1.29 is 24.2 Å². The molecule has 2 aliphatic rings. The van der Waals surface area contributed by atoms with Crippen molar-refractivity contribution in [1.29, 1.82) is 0 Å². The summed E-state index contributed by atoms with van der Waals surface area (Å²) in [6.45, 7) is 0. The van der Waals surface area contributed by atoms with Gasteiger partial charge in [0.05, 0.1) is 25.8 Å². The van der Waals surface area contributed by atoms with Crippen LogP contribution in [0.15, 0.2) is 30.4 Å². The zero-order chi connectivity index (χ0) is 16.6. The number of allylic oxidation sites excluding steroid dienone is 2. The van der Waals surface area contributed by atoms with Gasteiger partial charge in [0.2, 0.25) is 5.91 Å². The van der Waals surface area contributed by atoms with E-state index in [0.717, 1.165) is 0 Å². The van der Waals surface area contributed by atoms with Crippen LogP contribution in [0.25, 0.3) is 0 Å². The number of methoxy groups -OCH3 is 2. The van der Waals surface area contributed by atoms with Gasteiger partial charge < -0.3 is 24.7 Å².